The summed E-state index contributed by atoms with van der Waals surface area (Å²) in [7, 11) is 0. The number of rotatable bonds is 8. The summed E-state index contributed by atoms with van der Waals surface area (Å²) in [6, 6.07) is 8.47. The second-order valence-corrected chi connectivity index (χ2v) is 11.2. The Hall–Kier alpha value is -2.64. The molecule has 2 fully saturated rings. The first-order valence-electron chi connectivity index (χ1n) is 14.5. The van der Waals surface area contributed by atoms with Crippen molar-refractivity contribution in [1.29, 1.82) is 0 Å². The van der Waals surface area contributed by atoms with Gasteiger partial charge in [-0.1, -0.05) is 25.1 Å². The highest BCUT2D eigenvalue weighted by molar-refractivity contribution is 5.85. The number of allylic oxidation sites excluding steroid dienone is 2. The minimum Gasteiger partial charge on any atom is -0.493 e. The number of ether oxygens (including phenoxy) is 1. The third-order valence-electron chi connectivity index (χ3n) is 8.65. The molecule has 39 heavy (non-hydrogen) atoms. The van der Waals surface area contributed by atoms with Crippen molar-refractivity contribution in [2.45, 2.75) is 58.3 Å². The van der Waals surface area contributed by atoms with Gasteiger partial charge in [0.2, 0.25) is 11.9 Å². The van der Waals surface area contributed by atoms with Gasteiger partial charge < -0.3 is 19.6 Å². The molecule has 0 bridgehead atoms. The minimum atomic E-state index is 0. The fraction of sp³-hybridized carbons (Fsp3) is 0.581. The van der Waals surface area contributed by atoms with Crippen molar-refractivity contribution in [2.75, 3.05) is 44.3 Å². The summed E-state index contributed by atoms with van der Waals surface area (Å²) >= 11 is 0. The lowest BCUT2D eigenvalue weighted by Crippen LogP contribution is -2.42. The summed E-state index contributed by atoms with van der Waals surface area (Å²) in [4.78, 5) is 26.3. The number of aliphatic hydroxyl groups is 1. The molecule has 0 saturated carbocycles. The van der Waals surface area contributed by atoms with Gasteiger partial charge >= 0.3 is 0 Å². The normalized spacial score (nSPS) is 20.8. The minimum absolute atomic E-state index is 0. The summed E-state index contributed by atoms with van der Waals surface area (Å²) in [5.41, 5.74) is 3.74. The Morgan fingerprint density at radius 1 is 0.974 bits per heavy atom. The quantitative estimate of drug-likeness (QED) is 0.485. The maximum absolute atomic E-state index is 13.0. The van der Waals surface area contributed by atoms with Gasteiger partial charge in [0.05, 0.1) is 6.61 Å². The van der Waals surface area contributed by atoms with E-state index in [2.05, 4.69) is 52.1 Å². The highest BCUT2D eigenvalue weighted by Crippen LogP contribution is 2.33. The Labute approximate surface area is 239 Å². The number of piperidine rings is 2. The van der Waals surface area contributed by atoms with E-state index in [1.54, 1.807) is 0 Å². The molecule has 1 amide bonds. The maximum Gasteiger partial charge on any atom is 0.226 e. The summed E-state index contributed by atoms with van der Waals surface area (Å²) < 4.78 is 6.16. The Bertz CT molecular complexity index is 1080. The van der Waals surface area contributed by atoms with Crippen molar-refractivity contribution >= 4 is 29.8 Å². The summed E-state index contributed by atoms with van der Waals surface area (Å²) in [6.07, 6.45) is 13.8. The highest BCUT2D eigenvalue weighted by Gasteiger charge is 2.29. The average Bonchev–Trinajstić information content (AvgIpc) is 3.00. The number of hydrogen-bond acceptors (Lipinski definition) is 6. The van der Waals surface area contributed by atoms with E-state index in [4.69, 9.17) is 4.74 Å². The van der Waals surface area contributed by atoms with Gasteiger partial charge in [0.15, 0.2) is 0 Å². The molecule has 1 N–H and O–H groups in total. The molecule has 3 aliphatic rings. The molecule has 7 nitrogen and oxygen atoms in total. The number of nitrogens with zero attached hydrogens (tertiary/aromatic N) is 4. The molecule has 1 aromatic carbocycles. The molecular formula is C31H43ClN4O3. The van der Waals surface area contributed by atoms with Gasteiger partial charge in [-0.25, -0.2) is 9.97 Å². The molecule has 2 saturated heterocycles. The third-order valence-corrected chi connectivity index (χ3v) is 8.65. The Morgan fingerprint density at radius 2 is 1.64 bits per heavy atom. The van der Waals surface area contributed by atoms with Crippen LogP contribution in [0.15, 0.2) is 42.7 Å². The van der Waals surface area contributed by atoms with Crippen LogP contribution >= 0.6 is 12.4 Å². The number of aromatic nitrogens is 2. The van der Waals surface area contributed by atoms with Crippen molar-refractivity contribution in [3.63, 3.8) is 0 Å². The molecule has 1 unspecified atom stereocenters. The number of anilines is 1. The molecule has 8 heteroatoms. The number of amides is 1. The van der Waals surface area contributed by atoms with Gasteiger partial charge in [-0.05, 0) is 92.0 Å². The highest BCUT2D eigenvalue weighted by atomic mass is 35.5. The van der Waals surface area contributed by atoms with Crippen LogP contribution in [-0.4, -0.2) is 65.3 Å². The Balaban J connectivity index is 0.00000353. The lowest BCUT2D eigenvalue weighted by Gasteiger charge is -2.34. The molecule has 2 aliphatic heterocycles. The Morgan fingerprint density at radius 3 is 2.23 bits per heavy atom. The Kier molecular flexibility index (Phi) is 10.6. The van der Waals surface area contributed by atoms with E-state index in [0.717, 1.165) is 95.9 Å². The van der Waals surface area contributed by atoms with E-state index >= 15 is 0 Å². The predicted octanol–water partition coefficient (Wildman–Crippen LogP) is 5.17. The second-order valence-electron chi connectivity index (χ2n) is 11.2. The first-order valence-corrected chi connectivity index (χ1v) is 14.5. The molecule has 0 spiro atoms. The molecule has 1 aromatic heterocycles. The van der Waals surface area contributed by atoms with Crippen LogP contribution in [0.25, 0.3) is 5.57 Å². The zero-order chi connectivity index (χ0) is 26.3. The van der Waals surface area contributed by atoms with Crippen molar-refractivity contribution in [3.05, 3.63) is 53.9 Å². The molecule has 1 aliphatic carbocycles. The van der Waals surface area contributed by atoms with Crippen LogP contribution < -0.4 is 9.64 Å². The zero-order valence-corrected chi connectivity index (χ0v) is 24.0. The number of aliphatic hydroxyl groups excluding tert-OH is 1. The number of benzene rings is 1. The van der Waals surface area contributed by atoms with Crippen LogP contribution in [0.1, 0.15) is 63.0 Å². The van der Waals surface area contributed by atoms with Crippen LogP contribution in [0.2, 0.25) is 0 Å². The van der Waals surface area contributed by atoms with Crippen molar-refractivity contribution in [1.82, 2.24) is 14.9 Å². The SMILES string of the molecule is CCc1cnc(N2CCC(COc3ccc(C4=CCC(C(=O)N5CCC(CO)CC5)CC4)cc3)CC2)nc1.Cl. The second kappa shape index (κ2) is 14.1. The number of carbonyl (C=O) groups is 1. The molecule has 3 heterocycles. The van der Waals surface area contributed by atoms with Crippen LogP contribution in [-0.2, 0) is 11.2 Å². The molecule has 0 radical (unpaired) electrons. The number of carbonyl (C=O) groups excluding carboxylic acids is 1. The number of aryl methyl sites for hydroxylation is 1. The largest absolute Gasteiger partial charge is 0.493 e. The smallest absolute Gasteiger partial charge is 0.226 e. The standard InChI is InChI=1S/C31H42N4O3.ClH/c1-2-23-19-32-31(33-20-23)35-17-13-25(14-18-35)22-38-29-9-7-27(8-10-29)26-3-5-28(6-4-26)30(37)34-15-11-24(21-36)12-16-34;/h3,7-10,19-20,24-25,28,36H,2,4-6,11-18,21-22H2,1H3;1H. The van der Waals surface area contributed by atoms with Gasteiger partial charge in [-0.3, -0.25) is 4.79 Å². The molecule has 2 aromatic rings. The van der Waals surface area contributed by atoms with Gasteiger partial charge in [0.25, 0.3) is 0 Å². The van der Waals surface area contributed by atoms with Gasteiger partial charge in [0.1, 0.15) is 5.75 Å². The zero-order valence-electron chi connectivity index (χ0n) is 23.1. The topological polar surface area (TPSA) is 78.8 Å². The van der Waals surface area contributed by atoms with E-state index < -0.39 is 0 Å². The van der Waals surface area contributed by atoms with Crippen LogP contribution in [0.4, 0.5) is 5.95 Å². The summed E-state index contributed by atoms with van der Waals surface area (Å²) in [5.74, 6) is 3.07. The first kappa shape index (κ1) is 29.3. The van der Waals surface area contributed by atoms with Crippen molar-refractivity contribution in [3.8, 4) is 5.75 Å². The summed E-state index contributed by atoms with van der Waals surface area (Å²) in [6.45, 7) is 6.62. The summed E-state index contributed by atoms with van der Waals surface area (Å²) in [5, 5.41) is 9.34. The first-order chi connectivity index (χ1) is 18.6. The fourth-order valence-electron chi connectivity index (χ4n) is 5.89. The van der Waals surface area contributed by atoms with Crippen molar-refractivity contribution < 1.29 is 14.6 Å². The number of halogens is 1. The predicted molar refractivity (Wildman–Crippen MR) is 157 cm³/mol. The molecule has 1 atom stereocenters. The number of hydrogen-bond donors (Lipinski definition) is 1. The number of likely N-dealkylation sites (tertiary alicyclic amines) is 1. The fourth-order valence-corrected chi connectivity index (χ4v) is 5.89. The van der Waals surface area contributed by atoms with E-state index in [0.29, 0.717) is 17.7 Å². The van der Waals surface area contributed by atoms with Crippen molar-refractivity contribution in [2.24, 2.45) is 17.8 Å². The van der Waals surface area contributed by atoms with Gasteiger partial charge in [-0.15, -0.1) is 12.4 Å². The van der Waals surface area contributed by atoms with E-state index in [9.17, 15) is 9.90 Å². The van der Waals surface area contributed by atoms with Crippen LogP contribution in [0.5, 0.6) is 5.75 Å². The average molecular weight is 555 g/mol. The lowest BCUT2D eigenvalue weighted by atomic mass is 9.85. The van der Waals surface area contributed by atoms with Gasteiger partial charge in [-0.2, -0.15) is 0 Å². The van der Waals surface area contributed by atoms with E-state index in [-0.39, 0.29) is 24.9 Å². The monoisotopic (exact) mass is 554 g/mol. The van der Waals surface area contributed by atoms with Crippen LogP contribution in [0, 0.1) is 17.8 Å². The third kappa shape index (κ3) is 7.52. The molecule has 212 valence electrons. The molecule has 5 rings (SSSR count). The van der Waals surface area contributed by atoms with Crippen LogP contribution in [0.3, 0.4) is 0 Å². The lowest BCUT2D eigenvalue weighted by molar-refractivity contribution is -0.137. The maximum atomic E-state index is 13.0. The van der Waals surface area contributed by atoms with Gasteiger partial charge in [0, 0.05) is 51.1 Å². The van der Waals surface area contributed by atoms with E-state index in [1.165, 1.54) is 16.7 Å². The molecular weight excluding hydrogens is 512 g/mol. The van der Waals surface area contributed by atoms with E-state index in [1.807, 2.05) is 17.3 Å².